The Morgan fingerprint density at radius 2 is 1.65 bits per heavy atom. The van der Waals surface area contributed by atoms with E-state index < -0.39 is 31.4 Å². The molecule has 0 aliphatic carbocycles. The summed E-state index contributed by atoms with van der Waals surface area (Å²) in [4.78, 5) is 26.4. The van der Waals surface area contributed by atoms with Gasteiger partial charge in [0, 0.05) is 29.8 Å². The van der Waals surface area contributed by atoms with Crippen LogP contribution in [0.5, 0.6) is 0 Å². The number of hydrogen-bond acceptors (Lipinski definition) is 7. The van der Waals surface area contributed by atoms with Gasteiger partial charge in [-0.25, -0.2) is 26.3 Å². The minimum Gasteiger partial charge on any atom is -0.476 e. The van der Waals surface area contributed by atoms with Crippen LogP contribution in [-0.4, -0.2) is 73.1 Å². The van der Waals surface area contributed by atoms with Gasteiger partial charge in [-0.2, -0.15) is 5.10 Å². The summed E-state index contributed by atoms with van der Waals surface area (Å²) >= 11 is 0. The van der Waals surface area contributed by atoms with E-state index in [0.29, 0.717) is 16.9 Å². The number of rotatable bonds is 3. The summed E-state index contributed by atoms with van der Waals surface area (Å²) in [5, 5.41) is 13.9. The third-order valence-corrected chi connectivity index (χ3v) is 9.27. The third kappa shape index (κ3) is 3.68. The van der Waals surface area contributed by atoms with Crippen molar-refractivity contribution in [2.24, 2.45) is 0 Å². The molecule has 10 nitrogen and oxygen atoms in total. The summed E-state index contributed by atoms with van der Waals surface area (Å²) in [5.74, 6) is -2.40. The Hall–Kier alpha value is -3.51. The first kappa shape index (κ1) is 22.3. The second-order valence-electron chi connectivity index (χ2n) is 8.14. The lowest BCUT2D eigenvalue weighted by molar-refractivity contribution is 0.0688. The first-order valence-corrected chi connectivity index (χ1v) is 13.8. The van der Waals surface area contributed by atoms with Gasteiger partial charge in [0.05, 0.1) is 33.5 Å². The number of carbonyl (C=O) groups is 2. The molecular weight excluding hydrogens is 482 g/mol. The molecule has 0 unspecified atom stereocenters. The number of hydrogen-bond donors (Lipinski definition) is 1. The van der Waals surface area contributed by atoms with E-state index in [9.17, 15) is 31.5 Å². The van der Waals surface area contributed by atoms with E-state index in [4.69, 9.17) is 0 Å². The smallest absolute Gasteiger partial charge is 0.356 e. The van der Waals surface area contributed by atoms with Crippen molar-refractivity contribution in [2.45, 2.75) is 10.6 Å². The highest BCUT2D eigenvalue weighted by Crippen LogP contribution is 2.40. The quantitative estimate of drug-likeness (QED) is 0.567. The lowest BCUT2D eigenvalue weighted by Gasteiger charge is -2.27. The van der Waals surface area contributed by atoms with Crippen molar-refractivity contribution in [3.63, 3.8) is 0 Å². The zero-order chi connectivity index (χ0) is 24.3. The number of amides is 1. The predicted octanol–water partition coefficient (Wildman–Crippen LogP) is 1.40. The van der Waals surface area contributed by atoms with Gasteiger partial charge in [0.2, 0.25) is 0 Å². The predicted molar refractivity (Wildman–Crippen MR) is 121 cm³/mol. The fraction of sp³-hybridized carbons (Fsp3) is 0.227. The van der Waals surface area contributed by atoms with E-state index in [1.165, 1.54) is 21.7 Å². The molecule has 0 spiro atoms. The molecule has 2 aromatic carbocycles. The molecule has 3 heterocycles. The van der Waals surface area contributed by atoms with Gasteiger partial charge in [0.25, 0.3) is 5.91 Å². The number of nitrogens with zero attached hydrogens (tertiary/aromatic N) is 3. The molecule has 1 fully saturated rings. The van der Waals surface area contributed by atoms with E-state index >= 15 is 0 Å². The lowest BCUT2D eigenvalue weighted by atomic mass is 10.1. The van der Waals surface area contributed by atoms with Crippen LogP contribution < -0.4 is 0 Å². The summed E-state index contributed by atoms with van der Waals surface area (Å²) in [7, 11) is -6.90. The Labute approximate surface area is 195 Å². The molecule has 0 bridgehead atoms. The van der Waals surface area contributed by atoms with Gasteiger partial charge in [-0.15, -0.1) is 0 Å². The van der Waals surface area contributed by atoms with Gasteiger partial charge in [-0.3, -0.25) is 4.79 Å². The number of carboxylic acids is 1. The topological polar surface area (TPSA) is 144 Å². The number of carboxylic acid groups (broad SMARTS) is 1. The second-order valence-corrected chi connectivity index (χ2v) is 12.4. The molecule has 5 rings (SSSR count). The zero-order valence-corrected chi connectivity index (χ0v) is 19.3. The minimum atomic E-state index is -3.75. The lowest BCUT2D eigenvalue weighted by Crippen LogP contribution is -2.43. The summed E-state index contributed by atoms with van der Waals surface area (Å²) in [6.45, 7) is 0.188. The number of aromatic nitrogens is 2. The van der Waals surface area contributed by atoms with Gasteiger partial charge >= 0.3 is 5.97 Å². The maximum absolute atomic E-state index is 13.0. The van der Waals surface area contributed by atoms with Crippen molar-refractivity contribution < 1.29 is 31.5 Å². The van der Waals surface area contributed by atoms with Crippen molar-refractivity contribution in [1.82, 2.24) is 14.7 Å². The van der Waals surface area contributed by atoms with Gasteiger partial charge in [0.15, 0.2) is 25.4 Å². The van der Waals surface area contributed by atoms with E-state index in [1.54, 1.807) is 36.4 Å². The van der Waals surface area contributed by atoms with E-state index in [0.717, 1.165) is 0 Å². The van der Waals surface area contributed by atoms with Gasteiger partial charge in [-0.05, 0) is 24.3 Å². The Balaban J connectivity index is 1.62. The normalized spacial score (nSPS) is 18.1. The van der Waals surface area contributed by atoms with Gasteiger partial charge in [0.1, 0.15) is 0 Å². The van der Waals surface area contributed by atoms with Crippen LogP contribution in [0.2, 0.25) is 0 Å². The monoisotopic (exact) mass is 501 g/mol. The van der Waals surface area contributed by atoms with Crippen LogP contribution in [0, 0.1) is 0 Å². The second kappa shape index (κ2) is 7.77. The van der Waals surface area contributed by atoms with Crippen LogP contribution in [0.3, 0.4) is 0 Å². The van der Waals surface area contributed by atoms with E-state index in [-0.39, 0.29) is 52.2 Å². The number of fused-ring (bicyclic) bond motifs is 3. The van der Waals surface area contributed by atoms with Crippen molar-refractivity contribution in [1.29, 1.82) is 0 Å². The fourth-order valence-electron chi connectivity index (χ4n) is 4.29. The molecule has 3 aromatic rings. The number of benzene rings is 2. The van der Waals surface area contributed by atoms with E-state index in [1.807, 2.05) is 0 Å². The average molecular weight is 502 g/mol. The van der Waals surface area contributed by atoms with Crippen LogP contribution in [0.1, 0.15) is 26.4 Å². The number of carbonyl (C=O) groups excluding carboxylic acids is 1. The van der Waals surface area contributed by atoms with Crippen molar-refractivity contribution in [2.75, 3.05) is 24.6 Å². The van der Waals surface area contributed by atoms with E-state index in [2.05, 4.69) is 5.10 Å². The Kier molecular flexibility index (Phi) is 5.10. The molecule has 0 radical (unpaired) electrons. The van der Waals surface area contributed by atoms with Crippen molar-refractivity contribution in [3.8, 4) is 16.9 Å². The molecular formula is C22H19N3O7S2. The molecule has 12 heteroatoms. The average Bonchev–Trinajstić information content (AvgIpc) is 3.18. The van der Waals surface area contributed by atoms with Crippen molar-refractivity contribution in [3.05, 3.63) is 65.4 Å². The summed E-state index contributed by atoms with van der Waals surface area (Å²) in [6.07, 6.45) is 0. The van der Waals surface area contributed by atoms with Crippen LogP contribution in [0.4, 0.5) is 0 Å². The first-order valence-electron chi connectivity index (χ1n) is 10.3. The fourth-order valence-corrected chi connectivity index (χ4v) is 7.09. The molecule has 1 saturated heterocycles. The highest BCUT2D eigenvalue weighted by Gasteiger charge is 2.36. The van der Waals surface area contributed by atoms with Crippen LogP contribution in [0.15, 0.2) is 53.4 Å². The SMILES string of the molecule is O=C(O)c1nn(-c2cccc(C(=O)N3CCS(=O)(=O)CC3)c2)c2c1CS(=O)(=O)c1ccccc1-2. The van der Waals surface area contributed by atoms with Gasteiger partial charge < -0.3 is 10.0 Å². The molecule has 2 aliphatic rings. The Morgan fingerprint density at radius 3 is 2.35 bits per heavy atom. The molecule has 2 aliphatic heterocycles. The van der Waals surface area contributed by atoms with Crippen LogP contribution >= 0.6 is 0 Å². The highest BCUT2D eigenvalue weighted by molar-refractivity contribution is 7.91. The molecule has 0 atom stereocenters. The molecule has 34 heavy (non-hydrogen) atoms. The summed E-state index contributed by atoms with van der Waals surface area (Å²) in [6, 6.07) is 12.7. The van der Waals surface area contributed by atoms with Gasteiger partial charge in [-0.1, -0.05) is 24.3 Å². The molecule has 1 N–H and O–H groups in total. The van der Waals surface area contributed by atoms with Crippen LogP contribution in [-0.2, 0) is 25.4 Å². The summed E-state index contributed by atoms with van der Waals surface area (Å²) in [5.41, 5.74) is 1.07. The number of sulfone groups is 2. The molecule has 1 amide bonds. The molecule has 1 aromatic heterocycles. The number of aromatic carboxylic acids is 1. The minimum absolute atomic E-state index is 0.0855. The summed E-state index contributed by atoms with van der Waals surface area (Å²) < 4.78 is 50.3. The third-order valence-electron chi connectivity index (χ3n) is 5.97. The maximum atomic E-state index is 13.0. The van der Waals surface area contributed by atoms with Crippen molar-refractivity contribution >= 4 is 31.6 Å². The molecule has 0 saturated carbocycles. The van der Waals surface area contributed by atoms with Crippen LogP contribution in [0.25, 0.3) is 16.9 Å². The first-order chi connectivity index (χ1) is 16.1. The zero-order valence-electron chi connectivity index (χ0n) is 17.7. The maximum Gasteiger partial charge on any atom is 0.356 e. The highest BCUT2D eigenvalue weighted by atomic mass is 32.2. The Bertz CT molecular complexity index is 1560. The Morgan fingerprint density at radius 1 is 0.941 bits per heavy atom. The largest absolute Gasteiger partial charge is 0.476 e. The standard InChI is InChI=1S/C22H19N3O7S2/c26-21(24-8-10-33(29,30)11-9-24)14-4-3-5-15(12-14)25-20-16-6-1-2-7-18(16)34(31,32)13-17(20)19(23-25)22(27)28/h1-7,12H,8-11,13H2,(H,27,28). The molecule has 176 valence electrons.